The number of rotatable bonds is 7. The highest BCUT2D eigenvalue weighted by molar-refractivity contribution is 6.31. The van der Waals surface area contributed by atoms with Crippen LogP contribution in [0.2, 0.25) is 5.02 Å². The summed E-state index contributed by atoms with van der Waals surface area (Å²) in [6, 6.07) is 6.15. The molecule has 1 aromatic heterocycles. The minimum absolute atomic E-state index is 0.104. The molecule has 164 valence electrons. The molecule has 1 saturated carbocycles. The average Bonchev–Trinajstić information content (AvgIpc) is 3.17. The standard InChI is InChI=1S/C23H33ClN4O2/c24-18-3-6-20-21(15-18)30-27-23(20)17-9-13-28(14-10-17)12-8-16-1-4-19(5-2-16)26-22(29)7-11-25/h3,6,15-17,19H,1-2,4-5,7-14,25H2,(H,26,29)/t16-,19-. The van der Waals surface area contributed by atoms with Crippen molar-refractivity contribution in [1.29, 1.82) is 0 Å². The third-order valence-corrected chi connectivity index (χ3v) is 7.11. The van der Waals surface area contributed by atoms with Crippen LogP contribution in [-0.4, -0.2) is 48.2 Å². The van der Waals surface area contributed by atoms with Gasteiger partial charge in [0.2, 0.25) is 5.91 Å². The van der Waals surface area contributed by atoms with E-state index in [9.17, 15) is 4.79 Å². The summed E-state index contributed by atoms with van der Waals surface area (Å²) < 4.78 is 5.50. The molecule has 1 aromatic carbocycles. The number of hydrogen-bond acceptors (Lipinski definition) is 5. The summed E-state index contributed by atoms with van der Waals surface area (Å²) in [5.74, 6) is 1.36. The number of likely N-dealkylation sites (tertiary alicyclic amines) is 1. The fraction of sp³-hybridized carbons (Fsp3) is 0.652. The van der Waals surface area contributed by atoms with Gasteiger partial charge in [-0.1, -0.05) is 16.8 Å². The maximum atomic E-state index is 11.7. The summed E-state index contributed by atoms with van der Waals surface area (Å²) in [6.45, 7) is 3.85. The maximum Gasteiger partial charge on any atom is 0.221 e. The van der Waals surface area contributed by atoms with E-state index >= 15 is 0 Å². The molecule has 2 fully saturated rings. The zero-order chi connectivity index (χ0) is 20.9. The fourth-order valence-electron chi connectivity index (χ4n) is 5.05. The number of hydrogen-bond donors (Lipinski definition) is 2. The molecule has 0 spiro atoms. The van der Waals surface area contributed by atoms with Crippen molar-refractivity contribution in [1.82, 2.24) is 15.4 Å². The Kier molecular flexibility index (Phi) is 7.28. The Hall–Kier alpha value is -1.63. The predicted octanol–water partition coefficient (Wildman–Crippen LogP) is 4.07. The molecule has 2 aliphatic rings. The number of carbonyl (C=O) groups is 1. The second-order valence-corrected chi connectivity index (χ2v) is 9.37. The molecule has 7 heteroatoms. The lowest BCUT2D eigenvalue weighted by Gasteiger charge is -2.34. The van der Waals surface area contributed by atoms with Gasteiger partial charge in [0.25, 0.3) is 0 Å². The molecule has 2 heterocycles. The van der Waals surface area contributed by atoms with Crippen molar-refractivity contribution in [3.63, 3.8) is 0 Å². The SMILES string of the molecule is NCCC(=O)N[C@H]1CC[C@H](CCN2CCC(c3noc4cc(Cl)ccc34)CC2)CC1. The van der Waals surface area contributed by atoms with E-state index in [-0.39, 0.29) is 5.91 Å². The maximum absolute atomic E-state index is 11.7. The molecule has 0 atom stereocenters. The van der Waals surface area contributed by atoms with E-state index in [0.29, 0.717) is 29.9 Å². The molecule has 0 unspecified atom stereocenters. The number of aromatic nitrogens is 1. The van der Waals surface area contributed by atoms with Gasteiger partial charge in [-0.2, -0.15) is 0 Å². The third kappa shape index (κ3) is 5.34. The van der Waals surface area contributed by atoms with Crippen LogP contribution in [0, 0.1) is 5.92 Å². The molecule has 1 saturated heterocycles. The van der Waals surface area contributed by atoms with Gasteiger partial charge >= 0.3 is 0 Å². The Bertz CT molecular complexity index is 839. The summed E-state index contributed by atoms with van der Waals surface area (Å²) in [6.07, 6.45) is 8.61. The fourth-order valence-corrected chi connectivity index (χ4v) is 5.21. The number of benzene rings is 1. The van der Waals surface area contributed by atoms with Gasteiger partial charge in [0.05, 0.1) is 5.69 Å². The van der Waals surface area contributed by atoms with Gasteiger partial charge in [-0.05, 0) is 82.6 Å². The van der Waals surface area contributed by atoms with Crippen LogP contribution in [0.25, 0.3) is 11.0 Å². The largest absolute Gasteiger partial charge is 0.356 e. The molecule has 0 bridgehead atoms. The van der Waals surface area contributed by atoms with Crippen LogP contribution in [-0.2, 0) is 4.79 Å². The van der Waals surface area contributed by atoms with Crippen molar-refractivity contribution < 1.29 is 9.32 Å². The van der Waals surface area contributed by atoms with Crippen LogP contribution in [0.5, 0.6) is 0 Å². The van der Waals surface area contributed by atoms with Crippen LogP contribution in [0.3, 0.4) is 0 Å². The Morgan fingerprint density at radius 2 is 1.97 bits per heavy atom. The summed E-state index contributed by atoms with van der Waals surface area (Å²) in [4.78, 5) is 14.3. The zero-order valence-corrected chi connectivity index (χ0v) is 18.4. The minimum atomic E-state index is 0.104. The van der Waals surface area contributed by atoms with Crippen LogP contribution in [0.4, 0.5) is 0 Å². The first-order chi connectivity index (χ1) is 14.6. The van der Waals surface area contributed by atoms with E-state index in [0.717, 1.165) is 61.4 Å². The highest BCUT2D eigenvalue weighted by Gasteiger charge is 2.27. The van der Waals surface area contributed by atoms with Gasteiger partial charge in [-0.15, -0.1) is 0 Å². The zero-order valence-electron chi connectivity index (χ0n) is 17.6. The number of nitrogens with zero attached hydrogens (tertiary/aromatic N) is 2. The Morgan fingerprint density at radius 1 is 1.20 bits per heavy atom. The third-order valence-electron chi connectivity index (χ3n) is 6.87. The van der Waals surface area contributed by atoms with Crippen LogP contribution in [0.15, 0.2) is 22.7 Å². The molecule has 6 nitrogen and oxygen atoms in total. The summed E-state index contributed by atoms with van der Waals surface area (Å²) in [7, 11) is 0. The highest BCUT2D eigenvalue weighted by Crippen LogP contribution is 2.34. The lowest BCUT2D eigenvalue weighted by molar-refractivity contribution is -0.121. The number of carbonyl (C=O) groups excluding carboxylic acids is 1. The normalized spacial score (nSPS) is 23.7. The molecular weight excluding hydrogens is 400 g/mol. The smallest absolute Gasteiger partial charge is 0.221 e. The Morgan fingerprint density at radius 3 is 2.70 bits per heavy atom. The van der Waals surface area contributed by atoms with E-state index in [1.54, 1.807) is 0 Å². The average molecular weight is 433 g/mol. The number of nitrogens with one attached hydrogen (secondary N) is 1. The van der Waals surface area contributed by atoms with Crippen molar-refractivity contribution in [2.75, 3.05) is 26.2 Å². The van der Waals surface area contributed by atoms with Crippen LogP contribution < -0.4 is 11.1 Å². The number of halogens is 1. The Balaban J connectivity index is 1.18. The number of amides is 1. The van der Waals surface area contributed by atoms with Gasteiger partial charge in [-0.3, -0.25) is 4.79 Å². The van der Waals surface area contributed by atoms with E-state index in [1.165, 1.54) is 25.8 Å². The topological polar surface area (TPSA) is 84.4 Å². The molecule has 0 radical (unpaired) electrons. The monoisotopic (exact) mass is 432 g/mol. The molecule has 3 N–H and O–H groups in total. The van der Waals surface area contributed by atoms with Crippen LogP contribution in [0.1, 0.15) is 63.0 Å². The first kappa shape index (κ1) is 21.6. The van der Waals surface area contributed by atoms with Crippen molar-refractivity contribution in [2.45, 2.75) is 63.3 Å². The lowest BCUT2D eigenvalue weighted by Crippen LogP contribution is -2.39. The molecule has 30 heavy (non-hydrogen) atoms. The molecule has 1 amide bonds. The molecular formula is C23H33ClN4O2. The minimum Gasteiger partial charge on any atom is -0.356 e. The van der Waals surface area contributed by atoms with Crippen molar-refractivity contribution in [3.05, 3.63) is 28.9 Å². The summed E-state index contributed by atoms with van der Waals surface area (Å²) >= 11 is 6.06. The molecule has 1 aliphatic heterocycles. The molecule has 1 aliphatic carbocycles. The van der Waals surface area contributed by atoms with Crippen molar-refractivity contribution >= 4 is 28.5 Å². The van der Waals surface area contributed by atoms with Crippen molar-refractivity contribution in [2.24, 2.45) is 11.7 Å². The van der Waals surface area contributed by atoms with E-state index < -0.39 is 0 Å². The molecule has 4 rings (SSSR count). The van der Waals surface area contributed by atoms with E-state index in [1.807, 2.05) is 18.2 Å². The van der Waals surface area contributed by atoms with E-state index in [4.69, 9.17) is 21.9 Å². The first-order valence-electron chi connectivity index (χ1n) is 11.4. The van der Waals surface area contributed by atoms with Gasteiger partial charge in [0, 0.05) is 41.4 Å². The predicted molar refractivity (Wildman–Crippen MR) is 120 cm³/mol. The second-order valence-electron chi connectivity index (χ2n) is 8.94. The van der Waals surface area contributed by atoms with Crippen molar-refractivity contribution in [3.8, 4) is 0 Å². The Labute approximate surface area is 183 Å². The molecule has 2 aromatic rings. The van der Waals surface area contributed by atoms with Gasteiger partial charge in [-0.25, -0.2) is 0 Å². The summed E-state index contributed by atoms with van der Waals surface area (Å²) in [5, 5.41) is 9.28. The quantitative estimate of drug-likeness (QED) is 0.688. The van der Waals surface area contributed by atoms with Gasteiger partial charge < -0.3 is 20.5 Å². The number of piperidine rings is 1. The first-order valence-corrected chi connectivity index (χ1v) is 11.8. The number of fused-ring (bicyclic) bond motifs is 1. The second kappa shape index (κ2) is 10.1. The van der Waals surface area contributed by atoms with Gasteiger partial charge in [0.15, 0.2) is 5.58 Å². The van der Waals surface area contributed by atoms with Gasteiger partial charge in [0.1, 0.15) is 0 Å². The summed E-state index contributed by atoms with van der Waals surface area (Å²) in [5.41, 5.74) is 7.34. The highest BCUT2D eigenvalue weighted by atomic mass is 35.5. The van der Waals surface area contributed by atoms with Crippen LogP contribution >= 0.6 is 11.6 Å². The number of nitrogens with two attached hydrogens (primary N) is 1. The van der Waals surface area contributed by atoms with E-state index in [2.05, 4.69) is 15.4 Å². The lowest BCUT2D eigenvalue weighted by atomic mass is 9.83.